The Hall–Kier alpha value is -1.30. The van der Waals surface area contributed by atoms with Gasteiger partial charge in [0.2, 0.25) is 0 Å². The molecule has 0 bridgehead atoms. The van der Waals surface area contributed by atoms with E-state index in [2.05, 4.69) is 13.3 Å². The quantitative estimate of drug-likeness (QED) is 0.586. The highest BCUT2D eigenvalue weighted by molar-refractivity contribution is 6.66. The Bertz CT molecular complexity index is 320. The van der Waals surface area contributed by atoms with E-state index >= 15 is 0 Å². The van der Waals surface area contributed by atoms with E-state index in [1.54, 1.807) is 0 Å². The molecule has 0 rings (SSSR count). The van der Waals surface area contributed by atoms with E-state index in [1.165, 1.54) is 0 Å². The number of alkyl halides is 6. The average Bonchev–Trinajstić information content (AvgIpc) is 1.93. The molecule has 18 heavy (non-hydrogen) atoms. The van der Waals surface area contributed by atoms with E-state index in [0.29, 0.717) is 13.8 Å². The SMILES string of the molecule is CC(=O)O[Si](OC(C)=O)(OC(F)(F)F)C(F)(F)F. The molecule has 0 fully saturated rings. The minimum Gasteiger partial charge on any atom is -0.459 e. The summed E-state index contributed by atoms with van der Waals surface area (Å²) < 4.78 is 83.0. The summed E-state index contributed by atoms with van der Waals surface area (Å²) in [5.41, 5.74) is 0. The van der Waals surface area contributed by atoms with Crippen molar-refractivity contribution in [2.24, 2.45) is 0 Å². The van der Waals surface area contributed by atoms with Crippen molar-refractivity contribution in [2.75, 3.05) is 0 Å². The first-order valence-corrected chi connectivity index (χ1v) is 5.74. The van der Waals surface area contributed by atoms with Crippen LogP contribution < -0.4 is 0 Å². The van der Waals surface area contributed by atoms with E-state index in [0.717, 1.165) is 0 Å². The standard InChI is InChI=1S/C6H6F6O5Si/c1-3(13)15-18(6(10,11)12,16-4(2)14)17-5(7,8)9/h1-2H3. The highest BCUT2D eigenvalue weighted by Gasteiger charge is 2.76. The van der Waals surface area contributed by atoms with Gasteiger partial charge in [0, 0.05) is 13.8 Å². The molecular formula is C6H6F6O5Si. The zero-order valence-corrected chi connectivity index (χ0v) is 9.81. The molecule has 5 nitrogen and oxygen atoms in total. The van der Waals surface area contributed by atoms with E-state index in [-0.39, 0.29) is 0 Å². The smallest absolute Gasteiger partial charge is 0.459 e. The molecule has 0 aromatic carbocycles. The molecule has 12 heteroatoms. The second-order valence-corrected chi connectivity index (χ2v) is 5.08. The van der Waals surface area contributed by atoms with E-state index < -0.39 is 32.9 Å². The van der Waals surface area contributed by atoms with Crippen molar-refractivity contribution >= 4 is 20.7 Å². The molecule has 0 atom stereocenters. The largest absolute Gasteiger partial charge is 0.754 e. The first-order valence-electron chi connectivity index (χ1n) is 4.02. The van der Waals surface area contributed by atoms with Crippen LogP contribution >= 0.6 is 0 Å². The van der Waals surface area contributed by atoms with Gasteiger partial charge in [-0.3, -0.25) is 14.0 Å². The fourth-order valence-electron chi connectivity index (χ4n) is 0.767. The first kappa shape index (κ1) is 16.7. The Morgan fingerprint density at radius 1 is 0.889 bits per heavy atom. The Morgan fingerprint density at radius 3 is 1.39 bits per heavy atom. The topological polar surface area (TPSA) is 61.8 Å². The van der Waals surface area contributed by atoms with Gasteiger partial charge in [-0.25, -0.2) is 0 Å². The molecule has 0 spiro atoms. The second kappa shape index (κ2) is 5.13. The van der Waals surface area contributed by atoms with Gasteiger partial charge < -0.3 is 8.85 Å². The second-order valence-electron chi connectivity index (χ2n) is 2.79. The Balaban J connectivity index is 5.54. The maximum Gasteiger partial charge on any atom is 0.754 e. The minimum atomic E-state index is -6.58. The molecule has 0 aromatic rings. The molecule has 106 valence electrons. The van der Waals surface area contributed by atoms with Gasteiger partial charge in [0.05, 0.1) is 0 Å². The van der Waals surface area contributed by atoms with Gasteiger partial charge in [-0.2, -0.15) is 13.2 Å². The van der Waals surface area contributed by atoms with Crippen molar-refractivity contribution < 1.29 is 49.2 Å². The number of rotatable bonds is 3. The van der Waals surface area contributed by atoms with Crippen molar-refractivity contribution in [3.8, 4) is 0 Å². The molecule has 0 unspecified atom stereocenters. The molecular weight excluding hydrogens is 294 g/mol. The summed E-state index contributed by atoms with van der Waals surface area (Å²) in [6.07, 6.45) is -5.80. The lowest BCUT2D eigenvalue weighted by Crippen LogP contribution is -2.62. The first-order chi connectivity index (χ1) is 7.79. The van der Waals surface area contributed by atoms with Gasteiger partial charge in [0.25, 0.3) is 11.9 Å². The van der Waals surface area contributed by atoms with Gasteiger partial charge in [-0.1, -0.05) is 0 Å². The highest BCUT2D eigenvalue weighted by Crippen LogP contribution is 2.36. The molecule has 0 saturated heterocycles. The monoisotopic (exact) mass is 300 g/mol. The zero-order valence-electron chi connectivity index (χ0n) is 8.81. The van der Waals surface area contributed by atoms with Crippen molar-refractivity contribution in [1.29, 1.82) is 0 Å². The van der Waals surface area contributed by atoms with E-state index in [9.17, 15) is 35.9 Å². The predicted octanol–water partition coefficient (Wildman–Crippen LogP) is 1.69. The zero-order chi connectivity index (χ0) is 14.8. The van der Waals surface area contributed by atoms with Crippen molar-refractivity contribution in [3.05, 3.63) is 0 Å². The van der Waals surface area contributed by atoms with Crippen LogP contribution in [0.4, 0.5) is 26.3 Å². The molecule has 0 N–H and O–H groups in total. The molecule has 0 saturated carbocycles. The third-order valence-corrected chi connectivity index (χ3v) is 3.46. The molecule has 0 radical (unpaired) electrons. The molecule has 0 aliphatic rings. The Morgan fingerprint density at radius 2 is 1.22 bits per heavy atom. The van der Waals surface area contributed by atoms with Crippen LogP contribution in [0.1, 0.15) is 13.8 Å². The summed E-state index contributed by atoms with van der Waals surface area (Å²) in [5, 5.41) is 0. The van der Waals surface area contributed by atoms with Crippen molar-refractivity contribution in [3.63, 3.8) is 0 Å². The van der Waals surface area contributed by atoms with Gasteiger partial charge in [0.15, 0.2) is 0 Å². The lowest BCUT2D eigenvalue weighted by Gasteiger charge is -2.28. The third-order valence-electron chi connectivity index (χ3n) is 1.15. The molecule has 0 heterocycles. The summed E-state index contributed by atoms with van der Waals surface area (Å²) in [6, 6.07) is 0. The lowest BCUT2D eigenvalue weighted by atomic mass is 10.9. The maximum absolute atomic E-state index is 12.5. The predicted molar refractivity (Wildman–Crippen MR) is 42.5 cm³/mol. The van der Waals surface area contributed by atoms with E-state index in [4.69, 9.17) is 0 Å². The fourth-order valence-corrected chi connectivity index (χ4v) is 2.30. The summed E-state index contributed by atoms with van der Waals surface area (Å²) in [4.78, 5) is 20.9. The summed E-state index contributed by atoms with van der Waals surface area (Å²) in [6.45, 7) is 0.827. The molecule has 0 aromatic heterocycles. The molecule has 0 amide bonds. The van der Waals surface area contributed by atoms with Gasteiger partial charge in [-0.05, 0) is 0 Å². The number of hydrogen-bond acceptors (Lipinski definition) is 5. The van der Waals surface area contributed by atoms with Crippen LogP contribution in [0.2, 0.25) is 0 Å². The van der Waals surface area contributed by atoms with Gasteiger partial charge in [0.1, 0.15) is 0 Å². The van der Waals surface area contributed by atoms with Crippen molar-refractivity contribution in [1.82, 2.24) is 0 Å². The van der Waals surface area contributed by atoms with Crippen LogP contribution in [0.25, 0.3) is 0 Å². The summed E-state index contributed by atoms with van der Waals surface area (Å²) in [5.74, 6) is -9.27. The maximum atomic E-state index is 12.5. The average molecular weight is 300 g/mol. The number of carbonyl (C=O) groups excluding carboxylic acids is 2. The lowest BCUT2D eigenvalue weighted by molar-refractivity contribution is -0.308. The van der Waals surface area contributed by atoms with Gasteiger partial charge >= 0.3 is 21.0 Å². The van der Waals surface area contributed by atoms with Crippen LogP contribution in [-0.2, 0) is 22.9 Å². The third kappa shape index (κ3) is 4.91. The normalized spacial score (nSPS) is 13.1. The highest BCUT2D eigenvalue weighted by atomic mass is 28.4. The molecule has 0 aliphatic carbocycles. The summed E-state index contributed by atoms with van der Waals surface area (Å²) in [7, 11) is -6.58. The molecule has 0 aliphatic heterocycles. The van der Waals surface area contributed by atoms with Crippen LogP contribution in [-0.4, -0.2) is 32.9 Å². The number of halogens is 6. The fraction of sp³-hybridized carbons (Fsp3) is 0.667. The van der Waals surface area contributed by atoms with Crippen LogP contribution in [0.15, 0.2) is 0 Å². The Kier molecular flexibility index (Phi) is 4.76. The number of hydrogen-bond donors (Lipinski definition) is 0. The van der Waals surface area contributed by atoms with Crippen LogP contribution in [0.3, 0.4) is 0 Å². The summed E-state index contributed by atoms with van der Waals surface area (Å²) >= 11 is 0. The van der Waals surface area contributed by atoms with Gasteiger partial charge in [-0.15, -0.1) is 13.2 Å². The Labute approximate surface area is 97.0 Å². The van der Waals surface area contributed by atoms with Crippen LogP contribution in [0.5, 0.6) is 0 Å². The van der Waals surface area contributed by atoms with Crippen LogP contribution in [0, 0.1) is 0 Å². The minimum absolute atomic E-state index is 0.413. The number of carbonyl (C=O) groups is 2. The van der Waals surface area contributed by atoms with Crippen molar-refractivity contribution in [2.45, 2.75) is 26.0 Å². The van der Waals surface area contributed by atoms with E-state index in [1.807, 2.05) is 0 Å².